The number of carbonyl (C=O) groups is 1. The second-order valence-corrected chi connectivity index (χ2v) is 11.1. The molecule has 170 valence electrons. The van der Waals surface area contributed by atoms with Crippen molar-refractivity contribution in [2.24, 2.45) is 5.14 Å². The molecule has 1 aliphatic rings. The fourth-order valence-corrected chi connectivity index (χ4v) is 6.09. The highest BCUT2D eigenvalue weighted by Gasteiger charge is 2.25. The van der Waals surface area contributed by atoms with E-state index in [0.29, 0.717) is 5.56 Å². The molecular weight excluding hydrogens is 454 g/mol. The summed E-state index contributed by atoms with van der Waals surface area (Å²) >= 11 is 1.57. The third-order valence-electron chi connectivity index (χ3n) is 5.99. The molecule has 0 saturated heterocycles. The minimum atomic E-state index is -3.76. The van der Waals surface area contributed by atoms with Crippen LogP contribution in [0.2, 0.25) is 0 Å². The highest BCUT2D eigenvalue weighted by molar-refractivity contribution is 7.89. The first-order valence-electron chi connectivity index (χ1n) is 10.7. The van der Waals surface area contributed by atoms with E-state index in [2.05, 4.69) is 36.1 Å². The summed E-state index contributed by atoms with van der Waals surface area (Å²) in [6.45, 7) is 4.66. The van der Waals surface area contributed by atoms with Crippen LogP contribution in [0.15, 0.2) is 53.4 Å². The van der Waals surface area contributed by atoms with Crippen LogP contribution in [-0.2, 0) is 47.2 Å². The van der Waals surface area contributed by atoms with Crippen LogP contribution in [-0.4, -0.2) is 25.6 Å². The number of nitriles is 1. The van der Waals surface area contributed by atoms with Crippen LogP contribution in [0.5, 0.6) is 0 Å². The summed E-state index contributed by atoms with van der Waals surface area (Å²) in [6.07, 6.45) is 1.19. The molecule has 0 unspecified atom stereocenters. The number of Topliss-reactive ketones (excluding diaryl/α,β-unsaturated/α-hetero) is 1. The number of rotatable bonds is 7. The van der Waals surface area contributed by atoms with E-state index in [-0.39, 0.29) is 23.5 Å². The van der Waals surface area contributed by atoms with E-state index in [0.717, 1.165) is 42.1 Å². The van der Waals surface area contributed by atoms with Crippen LogP contribution < -0.4 is 5.14 Å². The molecule has 8 heteroatoms. The van der Waals surface area contributed by atoms with E-state index in [1.165, 1.54) is 28.1 Å². The largest absolute Gasteiger partial charge is 0.299 e. The minimum Gasteiger partial charge on any atom is -0.299 e. The molecule has 4 rings (SSSR count). The number of hydrogen-bond acceptors (Lipinski definition) is 6. The molecule has 2 aromatic carbocycles. The Labute approximate surface area is 198 Å². The molecule has 2 N–H and O–H groups in total. The van der Waals surface area contributed by atoms with Crippen LogP contribution in [0.1, 0.15) is 37.6 Å². The van der Waals surface area contributed by atoms with Gasteiger partial charge in [-0.3, -0.25) is 9.69 Å². The summed E-state index contributed by atoms with van der Waals surface area (Å²) < 4.78 is 22.8. The average Bonchev–Trinajstić information content (AvgIpc) is 3.11. The van der Waals surface area contributed by atoms with E-state index in [9.17, 15) is 18.5 Å². The predicted octanol–water partition coefficient (Wildman–Crippen LogP) is 3.49. The van der Waals surface area contributed by atoms with E-state index in [4.69, 9.17) is 5.14 Å². The summed E-state index contributed by atoms with van der Waals surface area (Å²) in [4.78, 5) is 17.1. The van der Waals surface area contributed by atoms with Gasteiger partial charge in [0, 0.05) is 42.2 Å². The summed E-state index contributed by atoms with van der Waals surface area (Å²) in [7, 11) is -3.76. The maximum absolute atomic E-state index is 12.7. The highest BCUT2D eigenvalue weighted by Crippen LogP contribution is 2.34. The SMILES string of the molecule is Cc1ccccc1CN1CCc2c(sc(CC(=O)Cc3ccc(S(N)(=O)=O)cc3)c2C#N)C1. The van der Waals surface area contributed by atoms with Crippen molar-refractivity contribution in [2.75, 3.05) is 6.54 Å². The lowest BCUT2D eigenvalue weighted by molar-refractivity contribution is -0.117. The first kappa shape index (κ1) is 23.3. The molecule has 6 nitrogen and oxygen atoms in total. The number of carbonyl (C=O) groups excluding carboxylic acids is 1. The highest BCUT2D eigenvalue weighted by atomic mass is 32.2. The van der Waals surface area contributed by atoms with Crippen molar-refractivity contribution in [1.29, 1.82) is 5.26 Å². The molecular formula is C25H25N3O3S2. The van der Waals surface area contributed by atoms with Crippen LogP contribution >= 0.6 is 11.3 Å². The molecule has 0 fully saturated rings. The second kappa shape index (κ2) is 9.57. The number of ketones is 1. The predicted molar refractivity (Wildman–Crippen MR) is 128 cm³/mol. The van der Waals surface area contributed by atoms with Gasteiger partial charge in [-0.15, -0.1) is 11.3 Å². The molecule has 0 atom stereocenters. The second-order valence-electron chi connectivity index (χ2n) is 8.38. The van der Waals surface area contributed by atoms with E-state index >= 15 is 0 Å². The number of fused-ring (bicyclic) bond motifs is 1. The van der Waals surface area contributed by atoms with Gasteiger partial charge in [-0.1, -0.05) is 36.4 Å². The lowest BCUT2D eigenvalue weighted by Crippen LogP contribution is -2.29. The number of sulfonamides is 1. The Morgan fingerprint density at radius 1 is 1.15 bits per heavy atom. The van der Waals surface area contributed by atoms with Crippen molar-refractivity contribution in [2.45, 2.75) is 44.2 Å². The molecule has 1 aliphatic heterocycles. The average molecular weight is 480 g/mol. The zero-order valence-corrected chi connectivity index (χ0v) is 20.0. The van der Waals surface area contributed by atoms with Gasteiger partial charge >= 0.3 is 0 Å². The van der Waals surface area contributed by atoms with Crippen LogP contribution in [0.3, 0.4) is 0 Å². The number of hydrogen-bond donors (Lipinski definition) is 1. The molecule has 0 bridgehead atoms. The van der Waals surface area contributed by atoms with Crippen LogP contribution in [0.4, 0.5) is 0 Å². The van der Waals surface area contributed by atoms with Crippen molar-refractivity contribution in [3.63, 3.8) is 0 Å². The number of aryl methyl sites for hydroxylation is 1. The summed E-state index contributed by atoms with van der Waals surface area (Å²) in [5, 5.41) is 14.9. The Hall–Kier alpha value is -2.83. The third kappa shape index (κ3) is 5.40. The zero-order valence-electron chi connectivity index (χ0n) is 18.4. The van der Waals surface area contributed by atoms with Crippen LogP contribution in [0.25, 0.3) is 0 Å². The van der Waals surface area contributed by atoms with Gasteiger partial charge in [0.2, 0.25) is 10.0 Å². The molecule has 0 radical (unpaired) electrons. The standard InChI is InChI=1S/C25H25N3O3S2/c1-17-4-2-3-5-19(17)15-28-11-10-22-23(14-26)24(32-25(22)16-28)13-20(29)12-18-6-8-21(9-7-18)33(27,30)31/h2-9H,10-13,15-16H2,1H3,(H2,27,30,31). The topological polar surface area (TPSA) is 104 Å². The molecule has 0 amide bonds. The Bertz CT molecular complexity index is 1340. The van der Waals surface area contributed by atoms with Gasteiger partial charge in [0.25, 0.3) is 0 Å². The van der Waals surface area contributed by atoms with Crippen molar-refractivity contribution in [1.82, 2.24) is 4.90 Å². The Balaban J connectivity index is 1.45. The fraction of sp³-hybridized carbons (Fsp3) is 0.280. The van der Waals surface area contributed by atoms with Gasteiger partial charge in [-0.2, -0.15) is 5.26 Å². The maximum atomic E-state index is 12.7. The summed E-state index contributed by atoms with van der Waals surface area (Å²) in [5.74, 6) is -0.00906. The monoisotopic (exact) mass is 479 g/mol. The van der Waals surface area contributed by atoms with Crippen LogP contribution in [0, 0.1) is 18.3 Å². The van der Waals surface area contributed by atoms with Gasteiger partial charge in [-0.25, -0.2) is 13.6 Å². The lowest BCUT2D eigenvalue weighted by atomic mass is 9.99. The number of thiophene rings is 1. The number of nitrogens with two attached hydrogens (primary N) is 1. The summed E-state index contributed by atoms with van der Waals surface area (Å²) in [5.41, 5.74) is 5.04. The molecule has 3 aromatic rings. The van der Waals surface area contributed by atoms with Gasteiger partial charge < -0.3 is 0 Å². The number of nitrogens with zero attached hydrogens (tertiary/aromatic N) is 2. The van der Waals surface area contributed by atoms with Gasteiger partial charge in [0.15, 0.2) is 0 Å². The first-order chi connectivity index (χ1) is 15.7. The van der Waals surface area contributed by atoms with Crippen molar-refractivity contribution >= 4 is 27.1 Å². The summed E-state index contributed by atoms with van der Waals surface area (Å²) in [6, 6.07) is 16.7. The fourth-order valence-electron chi connectivity index (χ4n) is 4.20. The van der Waals surface area contributed by atoms with Crippen molar-refractivity contribution < 1.29 is 13.2 Å². The van der Waals surface area contributed by atoms with Crippen molar-refractivity contribution in [3.8, 4) is 6.07 Å². The van der Waals surface area contributed by atoms with Gasteiger partial charge in [-0.05, 0) is 47.7 Å². The Morgan fingerprint density at radius 2 is 1.88 bits per heavy atom. The number of primary sulfonamides is 1. The molecule has 0 aliphatic carbocycles. The van der Waals surface area contributed by atoms with Gasteiger partial charge in [0.1, 0.15) is 11.9 Å². The number of benzene rings is 2. The molecule has 0 spiro atoms. The van der Waals surface area contributed by atoms with Gasteiger partial charge in [0.05, 0.1) is 10.5 Å². The normalized spacial score (nSPS) is 14.0. The Morgan fingerprint density at radius 3 is 2.55 bits per heavy atom. The third-order valence-corrected chi connectivity index (χ3v) is 8.13. The molecule has 2 heterocycles. The minimum absolute atomic E-state index is 0.00906. The van der Waals surface area contributed by atoms with E-state index in [1.54, 1.807) is 23.5 Å². The Kier molecular flexibility index (Phi) is 6.77. The first-order valence-corrected chi connectivity index (χ1v) is 13.0. The van der Waals surface area contributed by atoms with Crippen molar-refractivity contribution in [3.05, 3.63) is 86.1 Å². The van der Waals surface area contributed by atoms with E-state index < -0.39 is 10.0 Å². The molecule has 0 saturated carbocycles. The zero-order chi connectivity index (χ0) is 23.6. The quantitative estimate of drug-likeness (QED) is 0.559. The smallest absolute Gasteiger partial charge is 0.238 e. The molecule has 1 aromatic heterocycles. The molecule has 33 heavy (non-hydrogen) atoms. The van der Waals surface area contributed by atoms with E-state index in [1.807, 2.05) is 6.07 Å². The lowest BCUT2D eigenvalue weighted by Gasteiger charge is -2.27. The maximum Gasteiger partial charge on any atom is 0.238 e.